The van der Waals surface area contributed by atoms with Gasteiger partial charge in [0.25, 0.3) is 11.8 Å². The largest absolute Gasteiger partial charge is 0.459 e. The number of nitrogens with zero attached hydrogens (tertiary/aromatic N) is 3. The summed E-state index contributed by atoms with van der Waals surface area (Å²) in [5, 5.41) is 1.65. The number of piperazine rings is 1. The predicted molar refractivity (Wildman–Crippen MR) is 103 cm³/mol. The number of thiophene rings is 1. The second kappa shape index (κ2) is 7.69. The van der Waals surface area contributed by atoms with Gasteiger partial charge in [0.1, 0.15) is 9.77 Å². The number of carbonyl (C=O) groups is 2. The number of furan rings is 1. The smallest absolute Gasteiger partial charge is 0.289 e. The van der Waals surface area contributed by atoms with E-state index in [0.717, 1.165) is 24.2 Å². The van der Waals surface area contributed by atoms with Gasteiger partial charge in [-0.2, -0.15) is 4.31 Å². The highest BCUT2D eigenvalue weighted by Crippen LogP contribution is 2.29. The zero-order valence-electron chi connectivity index (χ0n) is 15.2. The first kappa shape index (κ1) is 19.2. The number of sulfonamides is 1. The quantitative estimate of drug-likeness (QED) is 0.747. The van der Waals surface area contributed by atoms with Crippen LogP contribution >= 0.6 is 11.3 Å². The summed E-state index contributed by atoms with van der Waals surface area (Å²) in [6, 6.07) is 4.79. The van der Waals surface area contributed by atoms with Crippen molar-refractivity contribution in [1.82, 2.24) is 14.1 Å². The normalized spacial score (nSPS) is 18.6. The number of amides is 2. The lowest BCUT2D eigenvalue weighted by Gasteiger charge is -2.34. The third kappa shape index (κ3) is 3.47. The Morgan fingerprint density at radius 3 is 2.18 bits per heavy atom. The van der Waals surface area contributed by atoms with Crippen LogP contribution in [0.5, 0.6) is 0 Å². The van der Waals surface area contributed by atoms with Crippen molar-refractivity contribution < 1.29 is 22.4 Å². The Hall–Kier alpha value is -2.17. The van der Waals surface area contributed by atoms with Gasteiger partial charge in [-0.1, -0.05) is 0 Å². The third-order valence-electron chi connectivity index (χ3n) is 5.09. The Bertz CT molecular complexity index is 953. The molecule has 2 saturated heterocycles. The van der Waals surface area contributed by atoms with Gasteiger partial charge in [-0.15, -0.1) is 11.3 Å². The van der Waals surface area contributed by atoms with E-state index in [4.69, 9.17) is 4.42 Å². The van der Waals surface area contributed by atoms with E-state index in [9.17, 15) is 18.0 Å². The summed E-state index contributed by atoms with van der Waals surface area (Å²) in [6.07, 6.45) is 3.14. The van der Waals surface area contributed by atoms with Gasteiger partial charge in [-0.05, 0) is 36.4 Å². The molecular formula is C18H21N3O5S2. The molecule has 0 radical (unpaired) electrons. The molecule has 28 heavy (non-hydrogen) atoms. The van der Waals surface area contributed by atoms with E-state index in [1.807, 2.05) is 0 Å². The summed E-state index contributed by atoms with van der Waals surface area (Å²) in [4.78, 5) is 28.9. The van der Waals surface area contributed by atoms with E-state index in [2.05, 4.69) is 0 Å². The fraction of sp³-hybridized carbons (Fsp3) is 0.444. The van der Waals surface area contributed by atoms with Gasteiger partial charge in [0.15, 0.2) is 5.76 Å². The minimum Gasteiger partial charge on any atom is -0.459 e. The second-order valence-electron chi connectivity index (χ2n) is 6.79. The highest BCUT2D eigenvalue weighted by atomic mass is 32.2. The first-order valence-electron chi connectivity index (χ1n) is 9.18. The summed E-state index contributed by atoms with van der Waals surface area (Å²) in [7, 11) is -3.64. The molecule has 0 aliphatic carbocycles. The van der Waals surface area contributed by atoms with Gasteiger partial charge in [0, 0.05) is 39.3 Å². The van der Waals surface area contributed by atoms with Gasteiger partial charge >= 0.3 is 0 Å². The van der Waals surface area contributed by atoms with E-state index in [-0.39, 0.29) is 27.3 Å². The molecule has 0 spiro atoms. The minimum atomic E-state index is -3.64. The molecular weight excluding hydrogens is 402 g/mol. The molecule has 8 nitrogen and oxygen atoms in total. The molecule has 0 unspecified atom stereocenters. The maximum absolute atomic E-state index is 13.0. The van der Waals surface area contributed by atoms with Crippen LogP contribution in [0.2, 0.25) is 0 Å². The van der Waals surface area contributed by atoms with E-state index >= 15 is 0 Å². The van der Waals surface area contributed by atoms with Crippen LogP contribution in [-0.2, 0) is 10.0 Å². The SMILES string of the molecule is O=C(c1ccco1)N1CCN(C(=O)c2sccc2S(=O)(=O)N2CCCC2)CC1. The van der Waals surface area contributed by atoms with Crippen molar-refractivity contribution in [3.05, 3.63) is 40.5 Å². The summed E-state index contributed by atoms with van der Waals surface area (Å²) >= 11 is 1.15. The first-order valence-corrected chi connectivity index (χ1v) is 11.5. The highest BCUT2D eigenvalue weighted by molar-refractivity contribution is 7.89. The average molecular weight is 424 g/mol. The van der Waals surface area contributed by atoms with Gasteiger partial charge < -0.3 is 14.2 Å². The van der Waals surface area contributed by atoms with Gasteiger partial charge in [-0.25, -0.2) is 8.42 Å². The van der Waals surface area contributed by atoms with Crippen LogP contribution in [0.25, 0.3) is 0 Å². The van der Waals surface area contributed by atoms with Gasteiger partial charge in [0.05, 0.1) is 6.26 Å². The van der Waals surface area contributed by atoms with Gasteiger partial charge in [0.2, 0.25) is 10.0 Å². The fourth-order valence-electron chi connectivity index (χ4n) is 3.54. The van der Waals surface area contributed by atoms with Crippen LogP contribution in [0.1, 0.15) is 33.1 Å². The first-order chi connectivity index (χ1) is 13.5. The fourth-order valence-corrected chi connectivity index (χ4v) is 6.42. The standard InChI is InChI=1S/C18H21N3O5S2/c22-17(14-4-3-12-26-14)19-8-10-20(11-9-19)18(23)16-15(5-13-27-16)28(24,25)21-6-1-2-7-21/h3-5,12-13H,1-2,6-11H2. The van der Waals surface area contributed by atoms with Crippen molar-refractivity contribution in [2.24, 2.45) is 0 Å². The van der Waals surface area contributed by atoms with Crippen molar-refractivity contribution in [1.29, 1.82) is 0 Å². The molecule has 2 aromatic heterocycles. The molecule has 150 valence electrons. The Morgan fingerprint density at radius 1 is 0.929 bits per heavy atom. The lowest BCUT2D eigenvalue weighted by atomic mass is 10.2. The van der Waals surface area contributed by atoms with Crippen LogP contribution in [0.15, 0.2) is 39.2 Å². The van der Waals surface area contributed by atoms with Gasteiger partial charge in [-0.3, -0.25) is 9.59 Å². The summed E-state index contributed by atoms with van der Waals surface area (Å²) in [5.74, 6) is -0.222. The number of carbonyl (C=O) groups excluding carboxylic acids is 2. The maximum atomic E-state index is 13.0. The van der Waals surface area contributed by atoms with Crippen LogP contribution in [0, 0.1) is 0 Å². The van der Waals surface area contributed by atoms with E-state index in [0.29, 0.717) is 39.3 Å². The lowest BCUT2D eigenvalue weighted by molar-refractivity contribution is 0.0519. The Kier molecular flexibility index (Phi) is 5.26. The van der Waals surface area contributed by atoms with Crippen LogP contribution in [0.3, 0.4) is 0 Å². The Morgan fingerprint density at radius 2 is 1.57 bits per heavy atom. The van der Waals surface area contributed by atoms with Crippen LogP contribution < -0.4 is 0 Å². The summed E-state index contributed by atoms with van der Waals surface area (Å²) < 4.78 is 32.3. The molecule has 2 aliphatic heterocycles. The number of rotatable bonds is 4. The predicted octanol–water partition coefficient (Wildman–Crippen LogP) is 1.72. The molecule has 2 aromatic rings. The van der Waals surface area contributed by atoms with E-state index in [1.54, 1.807) is 27.3 Å². The Balaban J connectivity index is 1.45. The van der Waals surface area contributed by atoms with Crippen LogP contribution in [-0.4, -0.2) is 73.6 Å². The van der Waals surface area contributed by atoms with Crippen molar-refractivity contribution in [2.75, 3.05) is 39.3 Å². The molecule has 2 amide bonds. The second-order valence-corrected chi connectivity index (χ2v) is 9.61. The van der Waals surface area contributed by atoms with E-state index < -0.39 is 10.0 Å². The molecule has 0 saturated carbocycles. The molecule has 4 heterocycles. The molecule has 0 N–H and O–H groups in total. The van der Waals surface area contributed by atoms with Crippen molar-refractivity contribution >= 4 is 33.2 Å². The minimum absolute atomic E-state index is 0.0958. The molecule has 0 aromatic carbocycles. The van der Waals surface area contributed by atoms with Crippen molar-refractivity contribution in [3.63, 3.8) is 0 Å². The van der Waals surface area contributed by atoms with Crippen molar-refractivity contribution in [3.8, 4) is 0 Å². The molecule has 0 atom stereocenters. The number of hydrogen-bond donors (Lipinski definition) is 0. The molecule has 0 bridgehead atoms. The zero-order chi connectivity index (χ0) is 19.7. The molecule has 4 rings (SSSR count). The average Bonchev–Trinajstić information content (AvgIpc) is 3.48. The lowest BCUT2D eigenvalue weighted by Crippen LogP contribution is -2.50. The van der Waals surface area contributed by atoms with E-state index in [1.165, 1.54) is 16.6 Å². The summed E-state index contributed by atoms with van der Waals surface area (Å²) in [5.41, 5.74) is 0. The highest BCUT2D eigenvalue weighted by Gasteiger charge is 2.34. The monoisotopic (exact) mass is 423 g/mol. The topological polar surface area (TPSA) is 91.1 Å². The third-order valence-corrected chi connectivity index (χ3v) is 8.06. The van der Waals surface area contributed by atoms with Crippen LogP contribution in [0.4, 0.5) is 0 Å². The maximum Gasteiger partial charge on any atom is 0.289 e. The number of hydrogen-bond acceptors (Lipinski definition) is 6. The zero-order valence-corrected chi connectivity index (χ0v) is 16.9. The summed E-state index contributed by atoms with van der Waals surface area (Å²) in [6.45, 7) is 2.47. The Labute approximate surface area is 167 Å². The molecule has 10 heteroatoms. The molecule has 2 aliphatic rings. The van der Waals surface area contributed by atoms with Crippen molar-refractivity contribution in [2.45, 2.75) is 17.7 Å². The molecule has 2 fully saturated rings.